The molecule has 0 aromatic heterocycles. The Kier molecular flexibility index (Phi) is 4.58. The van der Waals surface area contributed by atoms with Crippen LogP contribution < -0.4 is 15.8 Å². The van der Waals surface area contributed by atoms with Crippen LogP contribution in [0.25, 0.3) is 10.8 Å². The van der Waals surface area contributed by atoms with Gasteiger partial charge in [-0.2, -0.15) is 0 Å². The third kappa shape index (κ3) is 3.19. The summed E-state index contributed by atoms with van der Waals surface area (Å²) in [6.45, 7) is 2.84. The highest BCUT2D eigenvalue weighted by atomic mass is 16.5. The van der Waals surface area contributed by atoms with Crippen molar-refractivity contribution < 1.29 is 14.3 Å². The van der Waals surface area contributed by atoms with Gasteiger partial charge in [0.15, 0.2) is 5.72 Å². The summed E-state index contributed by atoms with van der Waals surface area (Å²) in [5.41, 5.74) is 6.76. The van der Waals surface area contributed by atoms with Gasteiger partial charge in [0.1, 0.15) is 11.7 Å². The van der Waals surface area contributed by atoms with Crippen molar-refractivity contribution in [2.45, 2.75) is 25.0 Å². The molecule has 0 unspecified atom stereocenters. The number of rotatable bonds is 5. The van der Waals surface area contributed by atoms with E-state index in [-0.39, 0.29) is 11.8 Å². The van der Waals surface area contributed by atoms with Gasteiger partial charge in [0.05, 0.1) is 0 Å². The number of ether oxygens (including phenoxy) is 1. The zero-order chi connectivity index (χ0) is 21.6. The SMILES string of the molecule is C[C@@]12C[C@@H](c3ccccc3O1)[C@@H](C(N)=O)C(=O)N2CCNc1cccc2ccccc12. The monoisotopic (exact) mass is 415 g/mol. The summed E-state index contributed by atoms with van der Waals surface area (Å²) in [6.07, 6.45) is 0.539. The lowest BCUT2D eigenvalue weighted by Gasteiger charge is -2.52. The fourth-order valence-electron chi connectivity index (χ4n) is 5.06. The number of piperidine rings is 1. The van der Waals surface area contributed by atoms with Gasteiger partial charge in [-0.25, -0.2) is 0 Å². The van der Waals surface area contributed by atoms with Crippen molar-refractivity contribution in [3.63, 3.8) is 0 Å². The van der Waals surface area contributed by atoms with Crippen LogP contribution in [0.5, 0.6) is 5.75 Å². The predicted molar refractivity (Wildman–Crippen MR) is 120 cm³/mol. The second-order valence-electron chi connectivity index (χ2n) is 8.45. The molecular formula is C25H25N3O3. The molecule has 5 rings (SSSR count). The van der Waals surface area contributed by atoms with Crippen molar-refractivity contribution >= 4 is 28.3 Å². The Bertz CT molecular complexity index is 1170. The summed E-state index contributed by atoms with van der Waals surface area (Å²) in [7, 11) is 0. The maximum absolute atomic E-state index is 13.4. The Balaban J connectivity index is 1.41. The number of nitrogens with one attached hydrogen (secondary N) is 1. The molecule has 158 valence electrons. The molecule has 1 fully saturated rings. The maximum atomic E-state index is 13.4. The molecule has 6 heteroatoms. The van der Waals surface area contributed by atoms with E-state index in [1.807, 2.05) is 55.5 Å². The number of fused-ring (bicyclic) bond motifs is 5. The second-order valence-corrected chi connectivity index (χ2v) is 8.45. The number of hydrogen-bond acceptors (Lipinski definition) is 4. The standard InChI is InChI=1S/C25H25N3O3/c1-25-15-19(18-10-4-5-12-21(18)31-25)22(23(26)29)24(30)28(25)14-13-27-20-11-6-8-16-7-2-3-9-17(16)20/h2-12,19,22,27H,13-15H2,1H3,(H2,26,29)/t19-,22-,25-/m0/s1. The molecule has 0 aliphatic carbocycles. The Labute approximate surface area is 181 Å². The lowest BCUT2D eigenvalue weighted by Crippen LogP contribution is -2.65. The molecule has 1 saturated heterocycles. The number of anilines is 1. The minimum Gasteiger partial charge on any atom is -0.468 e. The number of likely N-dealkylation sites (tertiary alicyclic amines) is 1. The number of benzene rings is 3. The third-order valence-corrected chi connectivity index (χ3v) is 6.50. The van der Waals surface area contributed by atoms with E-state index < -0.39 is 17.6 Å². The Morgan fingerprint density at radius 1 is 1.13 bits per heavy atom. The highest BCUT2D eigenvalue weighted by molar-refractivity contribution is 6.02. The molecule has 6 nitrogen and oxygen atoms in total. The van der Waals surface area contributed by atoms with Gasteiger partial charge in [0.2, 0.25) is 11.8 Å². The van der Waals surface area contributed by atoms with Crippen LogP contribution in [0.3, 0.4) is 0 Å². The largest absolute Gasteiger partial charge is 0.468 e. The van der Waals surface area contributed by atoms with Crippen LogP contribution in [0, 0.1) is 5.92 Å². The number of carbonyl (C=O) groups is 2. The molecule has 2 aliphatic heterocycles. The number of nitrogens with two attached hydrogens (primary N) is 1. The number of para-hydroxylation sites is 1. The van der Waals surface area contributed by atoms with Crippen LogP contribution >= 0.6 is 0 Å². The normalized spacial score (nSPS) is 24.4. The summed E-state index contributed by atoms with van der Waals surface area (Å²) in [5.74, 6) is -1.27. The molecule has 2 aliphatic rings. The van der Waals surface area contributed by atoms with Gasteiger partial charge in [-0.1, -0.05) is 54.6 Å². The van der Waals surface area contributed by atoms with E-state index in [4.69, 9.17) is 10.5 Å². The molecule has 3 atom stereocenters. The molecule has 31 heavy (non-hydrogen) atoms. The van der Waals surface area contributed by atoms with Crippen LogP contribution in [0.4, 0.5) is 5.69 Å². The fraction of sp³-hybridized carbons (Fsp3) is 0.280. The zero-order valence-corrected chi connectivity index (χ0v) is 17.4. The summed E-state index contributed by atoms with van der Waals surface area (Å²) in [4.78, 5) is 27.3. The maximum Gasteiger partial charge on any atom is 0.238 e. The minimum absolute atomic E-state index is 0.262. The molecule has 3 N–H and O–H groups in total. The van der Waals surface area contributed by atoms with Gasteiger partial charge >= 0.3 is 0 Å². The lowest BCUT2D eigenvalue weighted by atomic mass is 9.73. The molecule has 2 heterocycles. The predicted octanol–water partition coefficient (Wildman–Crippen LogP) is 3.48. The number of hydrogen-bond donors (Lipinski definition) is 2. The van der Waals surface area contributed by atoms with Crippen molar-refractivity contribution in [3.05, 3.63) is 72.3 Å². The summed E-state index contributed by atoms with van der Waals surface area (Å²) in [6, 6.07) is 21.9. The molecule has 3 aromatic carbocycles. The van der Waals surface area contributed by atoms with E-state index in [2.05, 4.69) is 23.5 Å². The van der Waals surface area contributed by atoms with Crippen LogP contribution in [-0.4, -0.2) is 35.5 Å². The first-order valence-corrected chi connectivity index (χ1v) is 10.6. The van der Waals surface area contributed by atoms with Gasteiger partial charge in [-0.15, -0.1) is 0 Å². The molecule has 0 radical (unpaired) electrons. The quantitative estimate of drug-likeness (QED) is 0.625. The first-order chi connectivity index (χ1) is 15.0. The first kappa shape index (κ1) is 19.4. The second kappa shape index (κ2) is 7.30. The number of primary amides is 1. The number of carbonyl (C=O) groups excluding carboxylic acids is 2. The highest BCUT2D eigenvalue weighted by Gasteiger charge is 2.55. The molecule has 0 saturated carbocycles. The van der Waals surface area contributed by atoms with E-state index in [0.29, 0.717) is 25.3 Å². The van der Waals surface area contributed by atoms with Crippen molar-refractivity contribution in [1.29, 1.82) is 0 Å². The summed E-state index contributed by atoms with van der Waals surface area (Å²) >= 11 is 0. The Hall–Kier alpha value is -3.54. The highest BCUT2D eigenvalue weighted by Crippen LogP contribution is 2.49. The van der Waals surface area contributed by atoms with Gasteiger partial charge in [-0.05, 0) is 30.0 Å². The molecule has 2 bridgehead atoms. The fourth-order valence-corrected chi connectivity index (χ4v) is 5.06. The Morgan fingerprint density at radius 3 is 2.71 bits per heavy atom. The molecular weight excluding hydrogens is 390 g/mol. The number of amides is 2. The smallest absolute Gasteiger partial charge is 0.238 e. The van der Waals surface area contributed by atoms with Gasteiger partial charge < -0.3 is 20.7 Å². The first-order valence-electron chi connectivity index (χ1n) is 10.6. The van der Waals surface area contributed by atoms with Crippen LogP contribution in [0.15, 0.2) is 66.7 Å². The molecule has 3 aromatic rings. The van der Waals surface area contributed by atoms with Gasteiger partial charge in [-0.3, -0.25) is 9.59 Å². The van der Waals surface area contributed by atoms with Crippen LogP contribution in [-0.2, 0) is 9.59 Å². The van der Waals surface area contributed by atoms with Crippen LogP contribution in [0.2, 0.25) is 0 Å². The van der Waals surface area contributed by atoms with Crippen molar-refractivity contribution in [2.75, 3.05) is 18.4 Å². The van der Waals surface area contributed by atoms with E-state index in [1.165, 1.54) is 0 Å². The van der Waals surface area contributed by atoms with Crippen molar-refractivity contribution in [2.24, 2.45) is 11.7 Å². The average Bonchev–Trinajstić information content (AvgIpc) is 2.75. The van der Waals surface area contributed by atoms with Crippen LogP contribution in [0.1, 0.15) is 24.8 Å². The number of nitrogens with zero attached hydrogens (tertiary/aromatic N) is 1. The topological polar surface area (TPSA) is 84.7 Å². The van der Waals surface area contributed by atoms with Gasteiger partial charge in [0.25, 0.3) is 0 Å². The third-order valence-electron chi connectivity index (χ3n) is 6.50. The van der Waals surface area contributed by atoms with E-state index >= 15 is 0 Å². The van der Waals surface area contributed by atoms with Crippen molar-refractivity contribution in [1.82, 2.24) is 4.90 Å². The molecule has 2 amide bonds. The Morgan fingerprint density at radius 2 is 1.87 bits per heavy atom. The zero-order valence-electron chi connectivity index (χ0n) is 17.4. The van der Waals surface area contributed by atoms with E-state index in [0.717, 1.165) is 22.0 Å². The van der Waals surface area contributed by atoms with E-state index in [1.54, 1.807) is 4.90 Å². The van der Waals surface area contributed by atoms with Gasteiger partial charge in [0, 0.05) is 36.5 Å². The lowest BCUT2D eigenvalue weighted by molar-refractivity contribution is -0.174. The summed E-state index contributed by atoms with van der Waals surface area (Å²) in [5, 5.41) is 5.72. The minimum atomic E-state index is -0.879. The molecule has 0 spiro atoms. The summed E-state index contributed by atoms with van der Waals surface area (Å²) < 4.78 is 6.30. The van der Waals surface area contributed by atoms with Crippen molar-refractivity contribution in [3.8, 4) is 5.75 Å². The average molecular weight is 415 g/mol. The van der Waals surface area contributed by atoms with E-state index in [9.17, 15) is 9.59 Å².